The Bertz CT molecular complexity index is 812. The van der Waals surface area contributed by atoms with Crippen LogP contribution in [0.1, 0.15) is 52.1 Å². The minimum atomic E-state index is -1.46. The van der Waals surface area contributed by atoms with E-state index in [9.17, 15) is 24.6 Å². The Hall–Kier alpha value is -3.25. The second kappa shape index (κ2) is 11.8. The number of phenolic OH excluding ortho intramolecular Hbond substituents is 1. The number of amides is 3. The van der Waals surface area contributed by atoms with Crippen LogP contribution in [0.4, 0.5) is 4.79 Å². The fourth-order valence-corrected chi connectivity index (χ4v) is 2.67. The van der Waals surface area contributed by atoms with E-state index in [0.29, 0.717) is 13.0 Å². The van der Waals surface area contributed by atoms with E-state index in [-0.39, 0.29) is 11.3 Å². The van der Waals surface area contributed by atoms with Crippen molar-refractivity contribution in [3.63, 3.8) is 0 Å². The normalized spacial score (nSPS) is 12.8. The molecule has 31 heavy (non-hydrogen) atoms. The standard InChI is InChI=1S/C22H31N3O6/c1-6-8-13-23-19(28)18(15-11-9-10-12-17(15)27)25(7-2)20(29)16(14-26)24-21(30)31-22(3,4)5/h2,9-12,16,18,26-27H,6,8,13-14H2,1,3-5H3,(H,23,28)(H,24,30). The van der Waals surface area contributed by atoms with Crippen LogP contribution in [0.15, 0.2) is 24.3 Å². The fraction of sp³-hybridized carbons (Fsp3) is 0.500. The predicted molar refractivity (Wildman–Crippen MR) is 115 cm³/mol. The molecule has 1 rings (SSSR count). The van der Waals surface area contributed by atoms with Crippen LogP contribution in [0, 0.1) is 12.5 Å². The monoisotopic (exact) mass is 433 g/mol. The zero-order valence-electron chi connectivity index (χ0n) is 18.3. The summed E-state index contributed by atoms with van der Waals surface area (Å²) in [5.41, 5.74) is -0.715. The number of hydrogen-bond acceptors (Lipinski definition) is 6. The molecule has 0 spiro atoms. The first-order valence-electron chi connectivity index (χ1n) is 10.0. The lowest BCUT2D eigenvalue weighted by Crippen LogP contribution is -2.53. The highest BCUT2D eigenvalue weighted by Gasteiger charge is 2.36. The van der Waals surface area contributed by atoms with E-state index < -0.39 is 42.2 Å². The van der Waals surface area contributed by atoms with Gasteiger partial charge in [0.15, 0.2) is 6.04 Å². The highest BCUT2D eigenvalue weighted by molar-refractivity contribution is 5.93. The number of rotatable bonds is 9. The largest absolute Gasteiger partial charge is 0.508 e. The van der Waals surface area contributed by atoms with Gasteiger partial charge >= 0.3 is 6.09 Å². The fourth-order valence-electron chi connectivity index (χ4n) is 2.67. The molecule has 170 valence electrons. The summed E-state index contributed by atoms with van der Waals surface area (Å²) in [5.74, 6) is -1.74. The number of aromatic hydroxyl groups is 1. The summed E-state index contributed by atoms with van der Waals surface area (Å²) in [7, 11) is 0. The molecule has 0 saturated carbocycles. The molecular weight excluding hydrogens is 402 g/mol. The number of aliphatic hydroxyl groups excluding tert-OH is 1. The lowest BCUT2D eigenvalue weighted by molar-refractivity contribution is -0.139. The maximum Gasteiger partial charge on any atom is 0.408 e. The Kier molecular flexibility index (Phi) is 9.83. The number of terminal acetylenes is 1. The Morgan fingerprint density at radius 1 is 1.26 bits per heavy atom. The van der Waals surface area contributed by atoms with Crippen molar-refractivity contribution >= 4 is 17.9 Å². The van der Waals surface area contributed by atoms with E-state index in [0.717, 1.165) is 11.3 Å². The summed E-state index contributed by atoms with van der Waals surface area (Å²) in [4.78, 5) is 38.8. The van der Waals surface area contributed by atoms with Gasteiger partial charge in [-0.05, 0) is 33.3 Å². The van der Waals surface area contributed by atoms with Crippen molar-refractivity contribution in [1.29, 1.82) is 0 Å². The summed E-state index contributed by atoms with van der Waals surface area (Å²) in [6.45, 7) is 6.46. The molecule has 9 nitrogen and oxygen atoms in total. The topological polar surface area (TPSA) is 128 Å². The number of hydrogen-bond donors (Lipinski definition) is 4. The number of aliphatic hydroxyl groups is 1. The van der Waals surface area contributed by atoms with Gasteiger partial charge in [-0.25, -0.2) is 4.79 Å². The molecule has 0 heterocycles. The molecule has 0 aromatic heterocycles. The van der Waals surface area contributed by atoms with Crippen LogP contribution in [-0.4, -0.2) is 57.8 Å². The van der Waals surface area contributed by atoms with Crippen molar-refractivity contribution in [2.45, 2.75) is 58.2 Å². The molecule has 0 aliphatic heterocycles. The van der Waals surface area contributed by atoms with E-state index in [1.807, 2.05) is 6.92 Å². The Labute approximate surface area is 182 Å². The highest BCUT2D eigenvalue weighted by atomic mass is 16.6. The summed E-state index contributed by atoms with van der Waals surface area (Å²) in [6, 6.07) is 5.30. The van der Waals surface area contributed by atoms with Gasteiger partial charge in [0.2, 0.25) is 5.91 Å². The predicted octanol–water partition coefficient (Wildman–Crippen LogP) is 1.65. The smallest absolute Gasteiger partial charge is 0.408 e. The first-order chi connectivity index (χ1) is 14.6. The van der Waals surface area contributed by atoms with Crippen molar-refractivity contribution in [1.82, 2.24) is 15.5 Å². The van der Waals surface area contributed by atoms with Gasteiger partial charge < -0.3 is 25.6 Å². The number of alkyl carbamates (subject to hydrolysis) is 1. The third kappa shape index (κ3) is 7.83. The van der Waals surface area contributed by atoms with Gasteiger partial charge in [0.25, 0.3) is 5.91 Å². The number of carbonyl (C=O) groups excluding carboxylic acids is 3. The molecule has 9 heteroatoms. The lowest BCUT2D eigenvalue weighted by Gasteiger charge is -2.30. The number of carbonyl (C=O) groups is 3. The van der Waals surface area contributed by atoms with Crippen LogP contribution in [0.5, 0.6) is 5.75 Å². The number of ether oxygens (including phenoxy) is 1. The van der Waals surface area contributed by atoms with Crippen LogP contribution in [0.25, 0.3) is 0 Å². The second-order valence-corrected chi connectivity index (χ2v) is 7.82. The van der Waals surface area contributed by atoms with Gasteiger partial charge in [-0.1, -0.05) is 38.0 Å². The Morgan fingerprint density at radius 3 is 2.42 bits per heavy atom. The molecule has 0 radical (unpaired) electrons. The number of nitrogens with zero attached hydrogens (tertiary/aromatic N) is 1. The molecule has 0 saturated heterocycles. The van der Waals surface area contributed by atoms with Gasteiger partial charge in [-0.2, -0.15) is 0 Å². The second-order valence-electron chi connectivity index (χ2n) is 7.82. The molecular formula is C22H31N3O6. The van der Waals surface area contributed by atoms with Crippen LogP contribution < -0.4 is 10.6 Å². The van der Waals surface area contributed by atoms with E-state index >= 15 is 0 Å². The van der Waals surface area contributed by atoms with E-state index in [1.165, 1.54) is 12.1 Å². The molecule has 1 aromatic rings. The van der Waals surface area contributed by atoms with Crippen molar-refractivity contribution < 1.29 is 29.3 Å². The zero-order chi connectivity index (χ0) is 23.6. The lowest BCUT2D eigenvalue weighted by atomic mass is 10.0. The molecule has 0 fully saturated rings. The highest BCUT2D eigenvalue weighted by Crippen LogP contribution is 2.29. The zero-order valence-corrected chi connectivity index (χ0v) is 18.3. The minimum absolute atomic E-state index is 0.108. The van der Waals surface area contributed by atoms with Crippen molar-refractivity contribution in [3.05, 3.63) is 29.8 Å². The summed E-state index contributed by atoms with van der Waals surface area (Å²) in [5, 5.41) is 24.9. The summed E-state index contributed by atoms with van der Waals surface area (Å²) >= 11 is 0. The maximum absolute atomic E-state index is 13.1. The van der Waals surface area contributed by atoms with Gasteiger partial charge in [-0.3, -0.25) is 14.5 Å². The van der Waals surface area contributed by atoms with Crippen molar-refractivity contribution in [2.24, 2.45) is 0 Å². The van der Waals surface area contributed by atoms with Gasteiger partial charge in [0.1, 0.15) is 17.4 Å². The Balaban J connectivity index is 3.22. The molecule has 2 atom stereocenters. The van der Waals surface area contributed by atoms with Crippen molar-refractivity contribution in [3.8, 4) is 18.2 Å². The molecule has 3 amide bonds. The Morgan fingerprint density at radius 2 is 1.90 bits per heavy atom. The minimum Gasteiger partial charge on any atom is -0.508 e. The number of unbranched alkanes of at least 4 members (excludes halogenated alkanes) is 1. The molecule has 2 unspecified atom stereocenters. The number of para-hydroxylation sites is 1. The quantitative estimate of drug-likeness (QED) is 0.266. The van der Waals surface area contributed by atoms with Crippen LogP contribution in [0.2, 0.25) is 0 Å². The van der Waals surface area contributed by atoms with Crippen molar-refractivity contribution in [2.75, 3.05) is 13.2 Å². The molecule has 4 N–H and O–H groups in total. The maximum atomic E-state index is 13.1. The van der Waals surface area contributed by atoms with Crippen LogP contribution >= 0.6 is 0 Å². The van der Waals surface area contributed by atoms with Crippen LogP contribution in [-0.2, 0) is 14.3 Å². The third-order valence-corrected chi connectivity index (χ3v) is 4.12. The average Bonchev–Trinajstić information content (AvgIpc) is 2.69. The van der Waals surface area contributed by atoms with E-state index in [2.05, 4.69) is 16.7 Å². The molecule has 1 aromatic carbocycles. The molecule has 0 aliphatic carbocycles. The van der Waals surface area contributed by atoms with Crippen LogP contribution in [0.3, 0.4) is 0 Å². The SMILES string of the molecule is C#CN(C(=O)C(CO)NC(=O)OC(C)(C)C)C(C(=O)NCCCC)c1ccccc1O. The van der Waals surface area contributed by atoms with Gasteiger partial charge in [0.05, 0.1) is 6.61 Å². The summed E-state index contributed by atoms with van der Waals surface area (Å²) < 4.78 is 5.11. The first kappa shape index (κ1) is 25.8. The number of phenols is 1. The number of nitrogens with one attached hydrogen (secondary N) is 2. The molecule has 0 bridgehead atoms. The third-order valence-electron chi connectivity index (χ3n) is 4.12. The molecule has 0 aliphatic rings. The first-order valence-corrected chi connectivity index (χ1v) is 10.0. The average molecular weight is 434 g/mol. The van der Waals surface area contributed by atoms with E-state index in [4.69, 9.17) is 11.2 Å². The van der Waals surface area contributed by atoms with Gasteiger partial charge in [-0.15, -0.1) is 0 Å². The van der Waals surface area contributed by atoms with E-state index in [1.54, 1.807) is 32.9 Å². The number of benzene rings is 1. The van der Waals surface area contributed by atoms with Gasteiger partial charge in [0, 0.05) is 18.2 Å². The summed E-state index contributed by atoms with van der Waals surface area (Å²) in [6.07, 6.45) is 6.17.